The summed E-state index contributed by atoms with van der Waals surface area (Å²) in [6.07, 6.45) is 4.45. The van der Waals surface area contributed by atoms with E-state index >= 15 is 0 Å². The molecule has 3 aromatic rings. The molecule has 0 aliphatic heterocycles. The van der Waals surface area contributed by atoms with Crippen LogP contribution in [0.2, 0.25) is 0 Å². The number of aromatic nitrogens is 1. The maximum atomic E-state index is 6.29. The van der Waals surface area contributed by atoms with Crippen molar-refractivity contribution in [2.45, 2.75) is 12.5 Å². The van der Waals surface area contributed by atoms with Gasteiger partial charge in [0.25, 0.3) is 0 Å². The number of halogens is 1. The zero-order valence-corrected chi connectivity index (χ0v) is 12.6. The van der Waals surface area contributed by atoms with Gasteiger partial charge in [0.15, 0.2) is 0 Å². The van der Waals surface area contributed by atoms with Gasteiger partial charge in [-0.3, -0.25) is 4.98 Å². The first kappa shape index (κ1) is 12.8. The summed E-state index contributed by atoms with van der Waals surface area (Å²) in [6, 6.07) is 10.5. The highest BCUT2D eigenvalue weighted by Crippen LogP contribution is 2.29. The molecule has 0 saturated carbocycles. The van der Waals surface area contributed by atoms with Crippen LogP contribution in [0.5, 0.6) is 0 Å². The van der Waals surface area contributed by atoms with E-state index in [1.165, 1.54) is 15.6 Å². The Morgan fingerprint density at radius 2 is 2.11 bits per heavy atom. The van der Waals surface area contributed by atoms with E-state index < -0.39 is 0 Å². The van der Waals surface area contributed by atoms with Crippen molar-refractivity contribution in [3.8, 4) is 0 Å². The van der Waals surface area contributed by atoms with Gasteiger partial charge in [-0.2, -0.15) is 0 Å². The van der Waals surface area contributed by atoms with Crippen LogP contribution in [0.3, 0.4) is 0 Å². The van der Waals surface area contributed by atoms with Crippen molar-refractivity contribution in [1.29, 1.82) is 0 Å². The second kappa shape index (κ2) is 5.41. The van der Waals surface area contributed by atoms with Crippen molar-refractivity contribution >= 4 is 37.4 Å². The van der Waals surface area contributed by atoms with Gasteiger partial charge in [-0.25, -0.2) is 0 Å². The molecular formula is C15H13BrN2S. The van der Waals surface area contributed by atoms with Crippen molar-refractivity contribution in [2.75, 3.05) is 0 Å². The number of nitrogens with zero attached hydrogens (tertiary/aromatic N) is 1. The Hall–Kier alpha value is -1.23. The van der Waals surface area contributed by atoms with Crippen LogP contribution in [0.25, 0.3) is 10.1 Å². The van der Waals surface area contributed by atoms with Crippen molar-refractivity contribution < 1.29 is 0 Å². The van der Waals surface area contributed by atoms with E-state index in [9.17, 15) is 0 Å². The Bertz CT molecular complexity index is 708. The van der Waals surface area contributed by atoms with Crippen molar-refractivity contribution in [3.05, 3.63) is 63.7 Å². The third-order valence-electron chi connectivity index (χ3n) is 3.16. The molecule has 3 rings (SSSR count). The summed E-state index contributed by atoms with van der Waals surface area (Å²) in [4.78, 5) is 4.17. The molecule has 1 unspecified atom stereocenters. The van der Waals surface area contributed by atoms with Gasteiger partial charge in [-0.15, -0.1) is 11.3 Å². The number of thiophene rings is 1. The molecule has 0 amide bonds. The third kappa shape index (κ3) is 2.71. The molecule has 19 heavy (non-hydrogen) atoms. The SMILES string of the molecule is NC(Cc1csc2ccccc12)c1cncc(Br)c1. The fraction of sp³-hybridized carbons (Fsp3) is 0.133. The average molecular weight is 333 g/mol. The molecule has 0 radical (unpaired) electrons. The van der Waals surface area contributed by atoms with Crippen LogP contribution in [0.1, 0.15) is 17.2 Å². The molecular weight excluding hydrogens is 320 g/mol. The number of pyridine rings is 1. The molecule has 2 heterocycles. The number of fused-ring (bicyclic) bond motifs is 1. The average Bonchev–Trinajstić information content (AvgIpc) is 2.82. The highest BCUT2D eigenvalue weighted by Gasteiger charge is 2.11. The number of benzene rings is 1. The standard InChI is InChI=1S/C15H13BrN2S/c16-12-5-10(7-18-8-12)14(17)6-11-9-19-15-4-2-1-3-13(11)15/h1-5,7-9,14H,6,17H2. The summed E-state index contributed by atoms with van der Waals surface area (Å²) in [7, 11) is 0. The van der Waals surface area contributed by atoms with E-state index in [0.717, 1.165) is 16.5 Å². The number of hydrogen-bond acceptors (Lipinski definition) is 3. The highest BCUT2D eigenvalue weighted by molar-refractivity contribution is 9.10. The molecule has 2 aromatic heterocycles. The first-order valence-electron chi connectivity index (χ1n) is 6.05. The predicted octanol–water partition coefficient (Wildman–Crippen LogP) is 4.30. The van der Waals surface area contributed by atoms with Gasteiger partial charge in [0.1, 0.15) is 0 Å². The van der Waals surface area contributed by atoms with Gasteiger partial charge in [-0.05, 0) is 56.4 Å². The first-order chi connectivity index (χ1) is 9.24. The van der Waals surface area contributed by atoms with E-state index in [1.807, 2.05) is 12.3 Å². The topological polar surface area (TPSA) is 38.9 Å². The van der Waals surface area contributed by atoms with E-state index in [0.29, 0.717) is 0 Å². The fourth-order valence-electron chi connectivity index (χ4n) is 2.18. The smallest absolute Gasteiger partial charge is 0.0410 e. The number of hydrogen-bond donors (Lipinski definition) is 1. The Kier molecular flexibility index (Phi) is 3.64. The second-order valence-corrected chi connectivity index (χ2v) is 6.33. The van der Waals surface area contributed by atoms with Gasteiger partial charge in [0, 0.05) is 27.6 Å². The number of nitrogens with two attached hydrogens (primary N) is 1. The Labute approximate surface area is 124 Å². The minimum absolute atomic E-state index is 0.0250. The molecule has 4 heteroatoms. The quantitative estimate of drug-likeness (QED) is 0.776. The third-order valence-corrected chi connectivity index (χ3v) is 4.60. The fourth-order valence-corrected chi connectivity index (χ4v) is 3.53. The zero-order valence-electron chi connectivity index (χ0n) is 10.2. The van der Waals surface area contributed by atoms with Gasteiger partial charge in [0.2, 0.25) is 0 Å². The summed E-state index contributed by atoms with van der Waals surface area (Å²) in [5, 5.41) is 3.52. The van der Waals surface area contributed by atoms with Crippen LogP contribution in [0.4, 0.5) is 0 Å². The van der Waals surface area contributed by atoms with Crippen molar-refractivity contribution in [3.63, 3.8) is 0 Å². The van der Waals surface area contributed by atoms with E-state index in [-0.39, 0.29) is 6.04 Å². The summed E-state index contributed by atoms with van der Waals surface area (Å²) in [5.41, 5.74) is 8.66. The lowest BCUT2D eigenvalue weighted by Gasteiger charge is -2.11. The molecule has 1 aromatic carbocycles. The molecule has 0 bridgehead atoms. The van der Waals surface area contributed by atoms with Gasteiger partial charge >= 0.3 is 0 Å². The normalized spacial score (nSPS) is 12.7. The van der Waals surface area contributed by atoms with Crippen LogP contribution in [0.15, 0.2) is 52.6 Å². The Balaban J connectivity index is 1.89. The van der Waals surface area contributed by atoms with Crippen molar-refractivity contribution in [1.82, 2.24) is 4.98 Å². The van der Waals surface area contributed by atoms with Crippen molar-refractivity contribution in [2.24, 2.45) is 5.73 Å². The van der Waals surface area contributed by atoms with Crippen LogP contribution < -0.4 is 5.73 Å². The van der Waals surface area contributed by atoms with E-state index in [2.05, 4.69) is 50.6 Å². The van der Waals surface area contributed by atoms with Crippen LogP contribution >= 0.6 is 27.3 Å². The molecule has 0 aliphatic carbocycles. The molecule has 0 aliphatic rings. The maximum absolute atomic E-state index is 6.29. The van der Waals surface area contributed by atoms with Crippen LogP contribution in [-0.2, 0) is 6.42 Å². The molecule has 2 N–H and O–H groups in total. The highest BCUT2D eigenvalue weighted by atomic mass is 79.9. The molecule has 0 spiro atoms. The van der Waals surface area contributed by atoms with E-state index in [4.69, 9.17) is 5.73 Å². The summed E-state index contributed by atoms with van der Waals surface area (Å²) in [6.45, 7) is 0. The Morgan fingerprint density at radius 3 is 2.95 bits per heavy atom. The largest absolute Gasteiger partial charge is 0.324 e. The van der Waals surface area contributed by atoms with Gasteiger partial charge < -0.3 is 5.73 Å². The summed E-state index contributed by atoms with van der Waals surface area (Å²) >= 11 is 5.21. The molecule has 0 saturated heterocycles. The Morgan fingerprint density at radius 1 is 1.26 bits per heavy atom. The predicted molar refractivity (Wildman–Crippen MR) is 84.4 cm³/mol. The lowest BCUT2D eigenvalue weighted by atomic mass is 10.0. The molecule has 0 fully saturated rings. The van der Waals surface area contributed by atoms with Crippen LogP contribution in [0, 0.1) is 0 Å². The molecule has 2 nitrogen and oxygen atoms in total. The summed E-state index contributed by atoms with van der Waals surface area (Å²) in [5.74, 6) is 0. The maximum Gasteiger partial charge on any atom is 0.0410 e. The summed E-state index contributed by atoms with van der Waals surface area (Å²) < 4.78 is 2.28. The van der Waals surface area contributed by atoms with Crippen LogP contribution in [-0.4, -0.2) is 4.98 Å². The first-order valence-corrected chi connectivity index (χ1v) is 7.72. The molecule has 96 valence electrons. The minimum atomic E-state index is -0.0250. The zero-order chi connectivity index (χ0) is 13.2. The second-order valence-electron chi connectivity index (χ2n) is 4.50. The number of rotatable bonds is 3. The molecule has 1 atom stereocenters. The van der Waals surface area contributed by atoms with Gasteiger partial charge in [-0.1, -0.05) is 18.2 Å². The lowest BCUT2D eigenvalue weighted by Crippen LogP contribution is -2.13. The van der Waals surface area contributed by atoms with E-state index in [1.54, 1.807) is 17.5 Å². The minimum Gasteiger partial charge on any atom is -0.324 e. The lowest BCUT2D eigenvalue weighted by molar-refractivity contribution is 0.722. The van der Waals surface area contributed by atoms with Gasteiger partial charge in [0.05, 0.1) is 0 Å². The monoisotopic (exact) mass is 332 g/mol.